The highest BCUT2D eigenvalue weighted by Gasteiger charge is 2.19. The van der Waals surface area contributed by atoms with Crippen molar-refractivity contribution in [3.8, 4) is 0 Å². The molecule has 1 aliphatic heterocycles. The van der Waals surface area contributed by atoms with Crippen LogP contribution in [0.1, 0.15) is 28.9 Å². The van der Waals surface area contributed by atoms with Crippen molar-refractivity contribution in [2.75, 3.05) is 43.6 Å². The van der Waals surface area contributed by atoms with E-state index in [9.17, 15) is 4.79 Å². The number of ether oxygens (including phenoxy) is 1. The summed E-state index contributed by atoms with van der Waals surface area (Å²) in [7, 11) is 1.64. The molecule has 2 heterocycles. The number of aromatic nitrogens is 1. The van der Waals surface area contributed by atoms with E-state index in [2.05, 4.69) is 15.6 Å². The maximum absolute atomic E-state index is 12.2. The molecule has 0 bridgehead atoms. The van der Waals surface area contributed by atoms with E-state index in [1.807, 2.05) is 11.8 Å². The molecule has 1 fully saturated rings. The van der Waals surface area contributed by atoms with E-state index >= 15 is 0 Å². The minimum Gasteiger partial charge on any atom is -0.383 e. The van der Waals surface area contributed by atoms with Gasteiger partial charge in [-0.25, -0.2) is 4.98 Å². The fourth-order valence-electron chi connectivity index (χ4n) is 2.09. The van der Waals surface area contributed by atoms with Crippen molar-refractivity contribution in [3.05, 3.63) is 4.88 Å². The van der Waals surface area contributed by atoms with Crippen molar-refractivity contribution in [3.63, 3.8) is 0 Å². The van der Waals surface area contributed by atoms with Crippen molar-refractivity contribution in [1.29, 1.82) is 0 Å². The van der Waals surface area contributed by atoms with Gasteiger partial charge in [-0.2, -0.15) is 11.8 Å². The van der Waals surface area contributed by atoms with Crippen molar-refractivity contribution in [1.82, 2.24) is 10.3 Å². The lowest BCUT2D eigenvalue weighted by atomic mass is 10.2. The summed E-state index contributed by atoms with van der Waals surface area (Å²) >= 11 is 3.22. The first kappa shape index (κ1) is 16.4. The van der Waals surface area contributed by atoms with Crippen molar-refractivity contribution in [2.45, 2.75) is 24.5 Å². The summed E-state index contributed by atoms with van der Waals surface area (Å²) in [5.74, 6) is 1.35. The molecule has 1 aliphatic rings. The van der Waals surface area contributed by atoms with Crippen molar-refractivity contribution in [2.24, 2.45) is 0 Å². The average Bonchev–Trinajstić information content (AvgIpc) is 2.87. The van der Waals surface area contributed by atoms with E-state index in [-0.39, 0.29) is 11.7 Å². The van der Waals surface area contributed by atoms with Crippen LogP contribution >= 0.6 is 23.1 Å². The number of methoxy groups -OCH3 is 1. The molecule has 1 amide bonds. The molecule has 1 saturated heterocycles. The molecule has 8 heteroatoms. The molecule has 1 unspecified atom stereocenters. The fourth-order valence-corrected chi connectivity index (χ4v) is 4.15. The SMILES string of the molecule is COCCNc1nc(N)c(C(=O)NCC2CCCCS2)s1. The van der Waals surface area contributed by atoms with E-state index in [0.717, 1.165) is 0 Å². The molecule has 0 aliphatic carbocycles. The number of nitrogen functional groups attached to an aromatic ring is 1. The molecule has 0 aromatic carbocycles. The summed E-state index contributed by atoms with van der Waals surface area (Å²) in [6.07, 6.45) is 3.71. The minimum absolute atomic E-state index is 0.129. The van der Waals surface area contributed by atoms with E-state index < -0.39 is 0 Å². The molecule has 0 spiro atoms. The Balaban J connectivity index is 1.83. The molecule has 118 valence electrons. The largest absolute Gasteiger partial charge is 0.383 e. The number of anilines is 2. The van der Waals surface area contributed by atoms with Crippen LogP contribution in [0.4, 0.5) is 10.9 Å². The predicted octanol–water partition coefficient (Wildman–Crippen LogP) is 1.80. The van der Waals surface area contributed by atoms with E-state index in [4.69, 9.17) is 10.5 Å². The van der Waals surface area contributed by atoms with Gasteiger partial charge in [0.25, 0.3) is 5.91 Å². The number of carbonyl (C=O) groups excluding carboxylic acids is 1. The lowest BCUT2D eigenvalue weighted by Crippen LogP contribution is -2.31. The van der Waals surface area contributed by atoms with Crippen LogP contribution in [0.15, 0.2) is 0 Å². The number of hydrogen-bond donors (Lipinski definition) is 3. The Morgan fingerprint density at radius 2 is 2.38 bits per heavy atom. The summed E-state index contributed by atoms with van der Waals surface area (Å²) < 4.78 is 4.96. The maximum Gasteiger partial charge on any atom is 0.265 e. The summed E-state index contributed by atoms with van der Waals surface area (Å²) in [5.41, 5.74) is 5.82. The first-order valence-electron chi connectivity index (χ1n) is 7.09. The van der Waals surface area contributed by atoms with Crippen molar-refractivity contribution >= 4 is 40.0 Å². The lowest BCUT2D eigenvalue weighted by Gasteiger charge is -2.21. The highest BCUT2D eigenvalue weighted by atomic mass is 32.2. The number of nitrogens with two attached hydrogens (primary N) is 1. The second-order valence-electron chi connectivity index (χ2n) is 4.85. The van der Waals surface area contributed by atoms with E-state index in [1.54, 1.807) is 7.11 Å². The normalized spacial score (nSPS) is 18.4. The number of thioether (sulfide) groups is 1. The summed E-state index contributed by atoms with van der Waals surface area (Å²) in [4.78, 5) is 16.8. The molecule has 1 aromatic heterocycles. The van der Waals surface area contributed by atoms with Gasteiger partial charge in [-0.15, -0.1) is 0 Å². The molecule has 6 nitrogen and oxygen atoms in total. The van der Waals surface area contributed by atoms with Crippen LogP contribution in [0.5, 0.6) is 0 Å². The summed E-state index contributed by atoms with van der Waals surface area (Å²) in [6.45, 7) is 1.93. The third kappa shape index (κ3) is 5.05. The number of carbonyl (C=O) groups is 1. The highest BCUT2D eigenvalue weighted by molar-refractivity contribution is 7.99. The minimum atomic E-state index is -0.129. The van der Waals surface area contributed by atoms with Crippen LogP contribution in [0.3, 0.4) is 0 Å². The zero-order chi connectivity index (χ0) is 15.1. The topological polar surface area (TPSA) is 89.3 Å². The molecule has 0 saturated carbocycles. The van der Waals surface area contributed by atoms with E-state index in [0.29, 0.717) is 35.0 Å². The van der Waals surface area contributed by atoms with Gasteiger partial charge in [0.05, 0.1) is 6.61 Å². The van der Waals surface area contributed by atoms with Crippen molar-refractivity contribution < 1.29 is 9.53 Å². The fraction of sp³-hybridized carbons (Fsp3) is 0.692. The zero-order valence-electron chi connectivity index (χ0n) is 12.2. The number of thiazole rings is 1. The second kappa shape index (κ2) is 8.45. The molecular weight excluding hydrogens is 308 g/mol. The Kier molecular flexibility index (Phi) is 6.59. The Morgan fingerprint density at radius 1 is 1.52 bits per heavy atom. The Bertz CT molecular complexity index is 461. The summed E-state index contributed by atoms with van der Waals surface area (Å²) in [6, 6.07) is 0. The molecule has 0 radical (unpaired) electrons. The maximum atomic E-state index is 12.2. The van der Waals surface area contributed by atoms with Crippen LogP contribution in [0, 0.1) is 0 Å². The number of amides is 1. The summed E-state index contributed by atoms with van der Waals surface area (Å²) in [5, 5.41) is 7.23. The Labute approximate surface area is 133 Å². The second-order valence-corrected chi connectivity index (χ2v) is 7.26. The molecular formula is C13H22N4O2S2. The van der Waals surface area contributed by atoms with Crippen LogP contribution in [0.2, 0.25) is 0 Å². The Hall–Kier alpha value is -0.990. The number of nitrogens with zero attached hydrogens (tertiary/aromatic N) is 1. The van der Waals surface area contributed by atoms with Crippen LogP contribution < -0.4 is 16.4 Å². The smallest absolute Gasteiger partial charge is 0.265 e. The van der Waals surface area contributed by atoms with Gasteiger partial charge in [-0.3, -0.25) is 4.79 Å². The van der Waals surface area contributed by atoms with Gasteiger partial charge in [-0.05, 0) is 18.6 Å². The van der Waals surface area contributed by atoms with Gasteiger partial charge in [0.2, 0.25) is 0 Å². The third-order valence-electron chi connectivity index (χ3n) is 3.21. The van der Waals surface area contributed by atoms with Gasteiger partial charge >= 0.3 is 0 Å². The number of nitrogens with one attached hydrogen (secondary N) is 2. The highest BCUT2D eigenvalue weighted by Crippen LogP contribution is 2.26. The van der Waals surface area contributed by atoms with Gasteiger partial charge in [0.1, 0.15) is 10.7 Å². The molecule has 4 N–H and O–H groups in total. The standard InChI is InChI=1S/C13H22N4O2S2/c1-19-6-5-15-13-17-11(14)10(21-13)12(18)16-8-9-4-2-3-7-20-9/h9H,2-8,14H2,1H3,(H,15,17)(H,16,18). The van der Waals surface area contributed by atoms with Crippen LogP contribution in [0.25, 0.3) is 0 Å². The van der Waals surface area contributed by atoms with E-state index in [1.165, 1.54) is 36.4 Å². The quantitative estimate of drug-likeness (QED) is 0.661. The molecule has 1 atom stereocenters. The van der Waals surface area contributed by atoms with Gasteiger partial charge in [-0.1, -0.05) is 17.8 Å². The molecule has 1 aromatic rings. The van der Waals surface area contributed by atoms with Gasteiger partial charge in [0.15, 0.2) is 5.13 Å². The first-order valence-corrected chi connectivity index (χ1v) is 8.96. The third-order valence-corrected chi connectivity index (χ3v) is 5.63. The number of rotatable bonds is 7. The van der Waals surface area contributed by atoms with Crippen LogP contribution in [-0.2, 0) is 4.74 Å². The molecule has 21 heavy (non-hydrogen) atoms. The van der Waals surface area contributed by atoms with Crippen LogP contribution in [-0.4, -0.2) is 48.7 Å². The predicted molar refractivity (Wildman–Crippen MR) is 89.3 cm³/mol. The molecule has 2 rings (SSSR count). The van der Waals surface area contributed by atoms with Gasteiger partial charge < -0.3 is 21.1 Å². The average molecular weight is 330 g/mol. The number of hydrogen-bond acceptors (Lipinski definition) is 7. The van der Waals surface area contributed by atoms with Gasteiger partial charge in [0, 0.05) is 25.4 Å². The monoisotopic (exact) mass is 330 g/mol. The zero-order valence-corrected chi connectivity index (χ0v) is 13.8. The Morgan fingerprint density at radius 3 is 3.10 bits per heavy atom. The lowest BCUT2D eigenvalue weighted by molar-refractivity contribution is 0.0958. The first-order chi connectivity index (χ1) is 10.2.